The van der Waals surface area contributed by atoms with Crippen molar-refractivity contribution in [1.29, 1.82) is 0 Å². The Hall–Kier alpha value is -3.17. The highest BCUT2D eigenvalue weighted by atomic mass is 31.2. The first kappa shape index (κ1) is 29.3. The van der Waals surface area contributed by atoms with E-state index in [1.54, 1.807) is 37.3 Å². The molecule has 3 aromatic rings. The van der Waals surface area contributed by atoms with E-state index in [1.807, 2.05) is 0 Å². The average Bonchev–Trinajstić information content (AvgIpc) is 3.21. The molecule has 1 aliphatic carbocycles. The van der Waals surface area contributed by atoms with Gasteiger partial charge in [-0.25, -0.2) is 18.5 Å². The fourth-order valence-corrected chi connectivity index (χ4v) is 6.61. The zero-order valence-electron chi connectivity index (χ0n) is 22.4. The number of anilines is 1. The first-order valence-corrected chi connectivity index (χ1v) is 14.3. The summed E-state index contributed by atoms with van der Waals surface area (Å²) in [5.41, 5.74) is 2.14. The molecule has 0 spiro atoms. The maximum atomic E-state index is 14.6. The van der Waals surface area contributed by atoms with Gasteiger partial charge in [-0.3, -0.25) is 9.32 Å². The molecule has 2 fully saturated rings. The van der Waals surface area contributed by atoms with Gasteiger partial charge >= 0.3 is 13.7 Å². The molecular weight excluding hydrogens is 564 g/mol. The first-order chi connectivity index (χ1) is 19.5. The molecule has 41 heavy (non-hydrogen) atoms. The van der Waals surface area contributed by atoms with Crippen molar-refractivity contribution < 1.29 is 47.2 Å². The zero-order chi connectivity index (χ0) is 29.6. The van der Waals surface area contributed by atoms with Crippen LogP contribution in [0.4, 0.5) is 10.2 Å². The minimum atomic E-state index is -4.55. The van der Waals surface area contributed by atoms with Gasteiger partial charge in [-0.15, -0.1) is 0 Å². The number of methoxy groups -OCH3 is 1. The smallest absolute Gasteiger partial charge is 0.459 e. The number of alkyl halides is 1. The van der Waals surface area contributed by atoms with E-state index in [-0.39, 0.29) is 30.0 Å². The van der Waals surface area contributed by atoms with Crippen LogP contribution in [0.5, 0.6) is 5.75 Å². The summed E-state index contributed by atoms with van der Waals surface area (Å²) < 4.78 is 57.4. The van der Waals surface area contributed by atoms with Crippen molar-refractivity contribution >= 4 is 25.1 Å². The van der Waals surface area contributed by atoms with E-state index in [0.717, 1.165) is 0 Å². The molecule has 0 amide bonds. The molecule has 0 radical (unpaired) electrons. The number of nitrogen functional groups attached to an aromatic ring is 1. The van der Waals surface area contributed by atoms with Crippen molar-refractivity contribution in [1.82, 2.24) is 19.7 Å². The van der Waals surface area contributed by atoms with E-state index >= 15 is 0 Å². The van der Waals surface area contributed by atoms with Crippen LogP contribution in [0.15, 0.2) is 48.8 Å². The normalized spacial score (nSPS) is 29.9. The number of para-hydroxylation sites is 1. The summed E-state index contributed by atoms with van der Waals surface area (Å²) in [5.74, 6) is -0.527. The Bertz CT molecular complexity index is 1460. The third-order valence-corrected chi connectivity index (χ3v) is 8.92. The topological polar surface area (TPSA) is 189 Å². The third kappa shape index (κ3) is 4.97. The molecular formula is C25H31FN5O9P. The largest absolute Gasteiger partial charge is 0.462 e. The average molecular weight is 596 g/mol. The molecule has 16 heteroatoms. The van der Waals surface area contributed by atoms with Crippen molar-refractivity contribution in [3.63, 3.8) is 0 Å². The van der Waals surface area contributed by atoms with Gasteiger partial charge in [0.25, 0.3) is 0 Å². The Labute approximate surface area is 234 Å². The highest BCUT2D eigenvalue weighted by Gasteiger charge is 2.89. The summed E-state index contributed by atoms with van der Waals surface area (Å²) in [6.45, 7) is 1.69. The summed E-state index contributed by atoms with van der Waals surface area (Å²) in [6, 6.07) is 9.81. The fourth-order valence-electron chi connectivity index (χ4n) is 4.87. The number of aliphatic hydroxyl groups excluding tert-OH is 1. The molecule has 5 rings (SSSR count). The van der Waals surface area contributed by atoms with Crippen LogP contribution in [0.25, 0.3) is 5.52 Å². The highest BCUT2D eigenvalue weighted by molar-refractivity contribution is 7.52. The number of nitrogens with zero attached hydrogens (tertiary/aromatic N) is 3. The molecule has 8 atom stereocenters. The number of aromatic nitrogens is 3. The Balaban J connectivity index is 1.39. The Morgan fingerprint density at radius 3 is 2.68 bits per heavy atom. The van der Waals surface area contributed by atoms with Gasteiger partial charge in [-0.2, -0.15) is 10.2 Å². The number of ether oxygens (including phenoxy) is 3. The summed E-state index contributed by atoms with van der Waals surface area (Å²) in [5, 5.41) is 29.2. The molecule has 1 aliphatic heterocycles. The van der Waals surface area contributed by atoms with Gasteiger partial charge in [0.05, 0.1) is 11.8 Å². The molecule has 1 saturated carbocycles. The van der Waals surface area contributed by atoms with E-state index in [1.165, 1.54) is 37.0 Å². The number of hydrogen-bond donors (Lipinski definition) is 4. The molecule has 1 saturated heterocycles. The van der Waals surface area contributed by atoms with Crippen LogP contribution in [0, 0.1) is 0 Å². The van der Waals surface area contributed by atoms with Gasteiger partial charge in [0.15, 0.2) is 17.0 Å². The van der Waals surface area contributed by atoms with Crippen molar-refractivity contribution in [3.8, 4) is 5.75 Å². The molecule has 3 heterocycles. The lowest BCUT2D eigenvalue weighted by Crippen LogP contribution is -2.39. The van der Waals surface area contributed by atoms with Crippen LogP contribution in [0.2, 0.25) is 0 Å². The van der Waals surface area contributed by atoms with Crippen molar-refractivity contribution in [3.05, 3.63) is 54.5 Å². The quantitative estimate of drug-likeness (QED) is 0.174. The predicted molar refractivity (Wildman–Crippen MR) is 140 cm³/mol. The monoisotopic (exact) mass is 595 g/mol. The van der Waals surface area contributed by atoms with E-state index in [9.17, 15) is 24.0 Å². The minimum absolute atomic E-state index is 0.0637. The minimum Gasteiger partial charge on any atom is -0.462 e. The standard InChI is InChI=1S/C25H31FN5O9P/c1-14(36-3)11-37-22(33)15(2)30-41(35,39-16-7-5-4-6-8-16)40-23-24(12-26)25(23,34)20(32)19(38-24)17-9-10-18-21(27)28-13-29-31(17)18/h4-10,13-15,19-20,23,32,34H,11-12H2,1-3H3,(H,30,35)(H2,27,28,29)/t14-,15+,19+,20+,23?,24-,25-,41-/m1/s1. The maximum Gasteiger partial charge on any atom is 0.459 e. The molecule has 2 aliphatic rings. The summed E-state index contributed by atoms with van der Waals surface area (Å²) in [6.07, 6.45) is -3.81. The number of benzene rings is 1. The highest BCUT2D eigenvalue weighted by Crippen LogP contribution is 2.68. The van der Waals surface area contributed by atoms with Gasteiger partial charge in [0.2, 0.25) is 0 Å². The van der Waals surface area contributed by atoms with Crippen LogP contribution in [-0.4, -0.2) is 86.7 Å². The molecule has 0 bridgehead atoms. The van der Waals surface area contributed by atoms with E-state index < -0.39 is 55.9 Å². The van der Waals surface area contributed by atoms with Crippen LogP contribution >= 0.6 is 7.75 Å². The van der Waals surface area contributed by atoms with Crippen molar-refractivity contribution in [2.24, 2.45) is 0 Å². The van der Waals surface area contributed by atoms with Gasteiger partial charge in [-0.1, -0.05) is 18.2 Å². The number of nitrogens with one attached hydrogen (secondary N) is 1. The van der Waals surface area contributed by atoms with Crippen molar-refractivity contribution in [2.45, 2.75) is 55.5 Å². The number of nitrogens with two attached hydrogens (primary N) is 1. The van der Waals surface area contributed by atoms with Crippen LogP contribution in [0.1, 0.15) is 25.6 Å². The molecule has 222 valence electrons. The second-order valence-corrected chi connectivity index (χ2v) is 11.6. The summed E-state index contributed by atoms with van der Waals surface area (Å²) in [4.78, 5) is 16.5. The number of fused-ring (bicyclic) bond motifs is 2. The van der Waals surface area contributed by atoms with E-state index in [0.29, 0.717) is 5.52 Å². The first-order valence-electron chi connectivity index (χ1n) is 12.7. The van der Waals surface area contributed by atoms with Gasteiger partial charge in [0.1, 0.15) is 55.2 Å². The van der Waals surface area contributed by atoms with Gasteiger partial charge < -0.3 is 34.7 Å². The van der Waals surface area contributed by atoms with Crippen molar-refractivity contribution in [2.75, 3.05) is 26.1 Å². The third-order valence-electron chi connectivity index (χ3n) is 7.27. The SMILES string of the molecule is CO[C@H](C)COC(=O)[C@H](C)N[P@@](=O)(Oc1ccccc1)OC1[C@@]2(CF)O[C@@H](c3ccc4c(N)ncnn34)[C@H](O)[C@@]12O. The summed E-state index contributed by atoms with van der Waals surface area (Å²) in [7, 11) is -3.09. The van der Waals surface area contributed by atoms with Gasteiger partial charge in [0, 0.05) is 7.11 Å². The Kier molecular flexibility index (Phi) is 7.80. The lowest BCUT2D eigenvalue weighted by molar-refractivity contribution is -0.148. The maximum absolute atomic E-state index is 14.6. The molecule has 1 unspecified atom stereocenters. The Morgan fingerprint density at radius 2 is 2.02 bits per heavy atom. The van der Waals surface area contributed by atoms with Gasteiger partial charge in [-0.05, 0) is 38.1 Å². The number of esters is 1. The number of carbonyl (C=O) groups excluding carboxylic acids is 1. The van der Waals surface area contributed by atoms with Crippen LogP contribution in [-0.2, 0) is 28.1 Å². The molecule has 14 nitrogen and oxygen atoms in total. The van der Waals surface area contributed by atoms with E-state index in [4.69, 9.17) is 29.0 Å². The predicted octanol–water partition coefficient (Wildman–Crippen LogP) is 1.33. The van der Waals surface area contributed by atoms with Crippen LogP contribution in [0.3, 0.4) is 0 Å². The number of aliphatic hydroxyl groups is 2. The number of carbonyl (C=O) groups is 1. The second-order valence-electron chi connectivity index (χ2n) is 9.95. The lowest BCUT2D eigenvalue weighted by atomic mass is 10.0. The van der Waals surface area contributed by atoms with E-state index in [2.05, 4.69) is 15.2 Å². The zero-order valence-corrected chi connectivity index (χ0v) is 23.3. The van der Waals surface area contributed by atoms with Crippen LogP contribution < -0.4 is 15.3 Å². The number of halogens is 1. The Morgan fingerprint density at radius 1 is 1.29 bits per heavy atom. The lowest BCUT2D eigenvalue weighted by Gasteiger charge is -2.27. The number of rotatable bonds is 12. The summed E-state index contributed by atoms with van der Waals surface area (Å²) >= 11 is 0. The molecule has 5 N–H and O–H groups in total. The second kappa shape index (κ2) is 10.9. The number of hydrogen-bond acceptors (Lipinski definition) is 12. The fraction of sp³-hybridized carbons (Fsp3) is 0.480. The molecule has 1 aromatic carbocycles. The molecule has 2 aromatic heterocycles.